The molecule has 2 aliphatic rings. The second-order valence-electron chi connectivity index (χ2n) is 4.89. The molecule has 0 aromatic rings. The van der Waals surface area contributed by atoms with E-state index < -0.39 is 11.9 Å². The van der Waals surface area contributed by atoms with Gasteiger partial charge in [0.15, 0.2) is 12.1 Å². The van der Waals surface area contributed by atoms with Gasteiger partial charge in [-0.25, -0.2) is 0 Å². The average Bonchev–Trinajstić information content (AvgIpc) is 2.67. The lowest BCUT2D eigenvalue weighted by atomic mass is 10.0. The molecule has 0 radical (unpaired) electrons. The first kappa shape index (κ1) is 12.0. The Kier molecular flexibility index (Phi) is 3.35. The Labute approximate surface area is 96.2 Å². The van der Waals surface area contributed by atoms with Crippen LogP contribution in [0.1, 0.15) is 33.1 Å². The van der Waals surface area contributed by atoms with Gasteiger partial charge in [0.25, 0.3) is 0 Å². The highest BCUT2D eigenvalue weighted by atomic mass is 16.8. The van der Waals surface area contributed by atoms with Gasteiger partial charge in [0.2, 0.25) is 0 Å². The maximum absolute atomic E-state index is 9.88. The molecule has 2 aliphatic heterocycles. The maximum Gasteiger partial charge on any atom is 0.187 e. The zero-order valence-electron chi connectivity index (χ0n) is 9.89. The molecule has 1 N–H and O–H groups in total. The first-order valence-corrected chi connectivity index (χ1v) is 5.82. The fourth-order valence-corrected chi connectivity index (χ4v) is 2.26. The molecule has 0 aliphatic carbocycles. The van der Waals surface area contributed by atoms with Crippen molar-refractivity contribution in [1.29, 1.82) is 0 Å². The number of aliphatic hydroxyl groups excluding tert-OH is 1. The molecule has 0 unspecified atom stereocenters. The Morgan fingerprint density at radius 3 is 2.88 bits per heavy atom. The number of hydrogen-bond acceptors (Lipinski definition) is 4. The number of allylic oxidation sites excluding steroid dienone is 1. The van der Waals surface area contributed by atoms with E-state index in [0.29, 0.717) is 12.8 Å². The highest BCUT2D eigenvalue weighted by molar-refractivity contribution is 4.88. The van der Waals surface area contributed by atoms with Crippen LogP contribution in [0.25, 0.3) is 0 Å². The van der Waals surface area contributed by atoms with E-state index in [1.54, 1.807) is 6.08 Å². The molecule has 4 atom stereocenters. The van der Waals surface area contributed by atoms with Gasteiger partial charge in [0.1, 0.15) is 6.10 Å². The summed E-state index contributed by atoms with van der Waals surface area (Å²) in [4.78, 5) is 0. The standard InChI is InChI=1S/C12H20O4/c1-4-5-6-8(13)9-7-10-11(14-9)16-12(2,3)15-10/h4,8-11,13H,1,5-7H2,2-3H3/t8-,9-,10-,11-/m1/s1. The summed E-state index contributed by atoms with van der Waals surface area (Å²) < 4.78 is 16.9. The predicted octanol–water partition coefficient (Wildman–Crippen LogP) is 1.58. The summed E-state index contributed by atoms with van der Waals surface area (Å²) in [5, 5.41) is 9.88. The van der Waals surface area contributed by atoms with E-state index in [1.165, 1.54) is 0 Å². The molecule has 0 aromatic carbocycles. The Balaban J connectivity index is 1.84. The lowest BCUT2D eigenvalue weighted by Crippen LogP contribution is -2.30. The van der Waals surface area contributed by atoms with Crippen LogP contribution in [0, 0.1) is 0 Å². The smallest absolute Gasteiger partial charge is 0.187 e. The van der Waals surface area contributed by atoms with Crippen molar-refractivity contribution in [3.8, 4) is 0 Å². The summed E-state index contributed by atoms with van der Waals surface area (Å²) in [6, 6.07) is 0. The Bertz CT molecular complexity index is 248. The predicted molar refractivity (Wildman–Crippen MR) is 58.8 cm³/mol. The monoisotopic (exact) mass is 228 g/mol. The lowest BCUT2D eigenvalue weighted by Gasteiger charge is -2.22. The Morgan fingerprint density at radius 2 is 2.25 bits per heavy atom. The van der Waals surface area contributed by atoms with Gasteiger partial charge in [-0.05, 0) is 26.7 Å². The quantitative estimate of drug-likeness (QED) is 0.742. The summed E-state index contributed by atoms with van der Waals surface area (Å²) in [5.74, 6) is -0.563. The zero-order chi connectivity index (χ0) is 11.8. The van der Waals surface area contributed by atoms with Crippen molar-refractivity contribution in [3.63, 3.8) is 0 Å². The van der Waals surface area contributed by atoms with Gasteiger partial charge >= 0.3 is 0 Å². The normalized spacial score (nSPS) is 38.3. The van der Waals surface area contributed by atoms with E-state index in [9.17, 15) is 5.11 Å². The lowest BCUT2D eigenvalue weighted by molar-refractivity contribution is -0.214. The number of aliphatic hydroxyl groups is 1. The summed E-state index contributed by atoms with van der Waals surface area (Å²) in [7, 11) is 0. The number of rotatable bonds is 4. The van der Waals surface area contributed by atoms with E-state index in [1.807, 2.05) is 13.8 Å². The van der Waals surface area contributed by atoms with Crippen LogP contribution in [-0.4, -0.2) is 35.5 Å². The molecule has 0 amide bonds. The third-order valence-electron chi connectivity index (χ3n) is 3.01. The van der Waals surface area contributed by atoms with Gasteiger partial charge in [-0.1, -0.05) is 6.08 Å². The molecule has 2 saturated heterocycles. The van der Waals surface area contributed by atoms with E-state index in [0.717, 1.165) is 6.42 Å². The number of fused-ring (bicyclic) bond motifs is 1. The Morgan fingerprint density at radius 1 is 1.50 bits per heavy atom. The van der Waals surface area contributed by atoms with Crippen LogP contribution in [-0.2, 0) is 14.2 Å². The van der Waals surface area contributed by atoms with Crippen molar-refractivity contribution >= 4 is 0 Å². The van der Waals surface area contributed by atoms with Crippen molar-refractivity contribution < 1.29 is 19.3 Å². The van der Waals surface area contributed by atoms with E-state index >= 15 is 0 Å². The van der Waals surface area contributed by atoms with Gasteiger partial charge in [-0.15, -0.1) is 6.58 Å². The van der Waals surface area contributed by atoms with Crippen LogP contribution in [0.3, 0.4) is 0 Å². The maximum atomic E-state index is 9.88. The minimum absolute atomic E-state index is 0.0432. The number of hydrogen-bond donors (Lipinski definition) is 1. The summed E-state index contributed by atoms with van der Waals surface area (Å²) in [5.41, 5.74) is 0. The molecule has 16 heavy (non-hydrogen) atoms. The fraction of sp³-hybridized carbons (Fsp3) is 0.833. The van der Waals surface area contributed by atoms with Crippen LogP contribution < -0.4 is 0 Å². The second-order valence-corrected chi connectivity index (χ2v) is 4.89. The zero-order valence-corrected chi connectivity index (χ0v) is 9.89. The molecule has 2 fully saturated rings. The SMILES string of the molecule is C=CCC[C@@H](O)[C@H]1C[C@H]2OC(C)(C)O[C@H]2O1. The van der Waals surface area contributed by atoms with Crippen LogP contribution >= 0.6 is 0 Å². The fourth-order valence-electron chi connectivity index (χ4n) is 2.26. The summed E-state index contributed by atoms with van der Waals surface area (Å²) in [6.45, 7) is 7.38. The third-order valence-corrected chi connectivity index (χ3v) is 3.01. The van der Waals surface area contributed by atoms with E-state index in [2.05, 4.69) is 6.58 Å². The third kappa shape index (κ3) is 2.46. The molecule has 2 rings (SSSR count). The van der Waals surface area contributed by atoms with Gasteiger partial charge < -0.3 is 19.3 Å². The van der Waals surface area contributed by atoms with Gasteiger partial charge in [0.05, 0.1) is 12.2 Å². The molecule has 0 bridgehead atoms. The molecule has 0 spiro atoms. The van der Waals surface area contributed by atoms with Crippen LogP contribution in [0.2, 0.25) is 0 Å². The summed E-state index contributed by atoms with van der Waals surface area (Å²) in [6.07, 6.45) is 2.98. The van der Waals surface area contributed by atoms with Gasteiger partial charge in [0, 0.05) is 6.42 Å². The molecule has 4 heteroatoms. The van der Waals surface area contributed by atoms with Crippen LogP contribution in [0.4, 0.5) is 0 Å². The molecule has 0 saturated carbocycles. The first-order valence-electron chi connectivity index (χ1n) is 5.82. The largest absolute Gasteiger partial charge is 0.390 e. The van der Waals surface area contributed by atoms with Gasteiger partial charge in [-0.2, -0.15) is 0 Å². The number of ether oxygens (including phenoxy) is 3. The second kappa shape index (κ2) is 4.45. The highest BCUT2D eigenvalue weighted by Crippen LogP contribution is 2.38. The van der Waals surface area contributed by atoms with Crippen molar-refractivity contribution in [1.82, 2.24) is 0 Å². The average molecular weight is 228 g/mol. The topological polar surface area (TPSA) is 47.9 Å². The molecule has 0 aromatic heterocycles. The Hall–Kier alpha value is -0.420. The van der Waals surface area contributed by atoms with Crippen molar-refractivity contribution in [3.05, 3.63) is 12.7 Å². The molecule has 92 valence electrons. The van der Waals surface area contributed by atoms with E-state index in [4.69, 9.17) is 14.2 Å². The highest BCUT2D eigenvalue weighted by Gasteiger charge is 2.49. The van der Waals surface area contributed by atoms with Crippen molar-refractivity contribution in [2.75, 3.05) is 0 Å². The molecule has 2 heterocycles. The van der Waals surface area contributed by atoms with Crippen molar-refractivity contribution in [2.45, 2.75) is 63.5 Å². The molecular formula is C12H20O4. The summed E-state index contributed by atoms with van der Waals surface area (Å²) >= 11 is 0. The molecular weight excluding hydrogens is 208 g/mol. The van der Waals surface area contributed by atoms with Crippen LogP contribution in [0.5, 0.6) is 0 Å². The van der Waals surface area contributed by atoms with Gasteiger partial charge in [-0.3, -0.25) is 0 Å². The van der Waals surface area contributed by atoms with E-state index in [-0.39, 0.29) is 18.5 Å². The molecule has 4 nitrogen and oxygen atoms in total. The van der Waals surface area contributed by atoms with Crippen LogP contribution in [0.15, 0.2) is 12.7 Å². The minimum Gasteiger partial charge on any atom is -0.390 e. The van der Waals surface area contributed by atoms with Crippen molar-refractivity contribution in [2.24, 2.45) is 0 Å². The minimum atomic E-state index is -0.563. The first-order chi connectivity index (χ1) is 7.52.